The molecule has 0 unspecified atom stereocenters. The molecule has 1 aromatic carbocycles. The number of tetrazole rings is 1. The zero-order chi connectivity index (χ0) is 22.8. The second-order valence-corrected chi connectivity index (χ2v) is 10.4. The van der Waals surface area contributed by atoms with Gasteiger partial charge in [-0.1, -0.05) is 39.8 Å². The van der Waals surface area contributed by atoms with Crippen LogP contribution in [-0.4, -0.2) is 40.0 Å². The predicted octanol–water partition coefficient (Wildman–Crippen LogP) is 5.22. The molecule has 8 nitrogen and oxygen atoms in total. The zero-order valence-corrected chi connectivity index (χ0v) is 21.7. The van der Waals surface area contributed by atoms with Gasteiger partial charge in [0.25, 0.3) is 0 Å². The number of aromatic nitrogens is 8. The summed E-state index contributed by atoms with van der Waals surface area (Å²) in [5.41, 5.74) is 2.99. The van der Waals surface area contributed by atoms with Gasteiger partial charge in [0.1, 0.15) is 11.5 Å². The van der Waals surface area contributed by atoms with E-state index < -0.39 is 0 Å². The molecule has 0 aliphatic rings. The number of aromatic amines is 1. The highest BCUT2D eigenvalue weighted by atomic mass is 79.9. The third-order valence-corrected chi connectivity index (χ3v) is 6.16. The molecule has 0 aliphatic heterocycles. The van der Waals surface area contributed by atoms with Crippen LogP contribution >= 0.6 is 31.9 Å². The number of halogens is 2. The van der Waals surface area contributed by atoms with Gasteiger partial charge in [-0.15, -0.1) is 10.2 Å². The summed E-state index contributed by atoms with van der Waals surface area (Å²) in [6.07, 6.45) is 1.81. The monoisotopic (exact) mass is 560 g/mol. The maximum absolute atomic E-state index is 4.82. The molecule has 0 bridgehead atoms. The van der Waals surface area contributed by atoms with Gasteiger partial charge >= 0.3 is 0 Å². The molecule has 4 aromatic rings. The summed E-state index contributed by atoms with van der Waals surface area (Å²) in [4.78, 5) is 4.82. The minimum Gasteiger partial charge on any atom is -0.300 e. The Kier molecular flexibility index (Phi) is 6.90. The fourth-order valence-electron chi connectivity index (χ4n) is 3.62. The van der Waals surface area contributed by atoms with Crippen LogP contribution in [0.4, 0.5) is 0 Å². The average molecular weight is 562 g/mol. The van der Waals surface area contributed by atoms with E-state index in [-0.39, 0.29) is 0 Å². The smallest absolute Gasteiger partial charge is 0.222 e. The molecule has 1 N–H and O–H groups in total. The Balaban J connectivity index is 1.62. The van der Waals surface area contributed by atoms with Crippen molar-refractivity contribution in [3.05, 3.63) is 56.6 Å². The molecule has 0 saturated heterocycles. The minimum atomic E-state index is 0.519. The van der Waals surface area contributed by atoms with Gasteiger partial charge in [0, 0.05) is 23.0 Å². The van der Waals surface area contributed by atoms with E-state index >= 15 is 0 Å². The van der Waals surface area contributed by atoms with E-state index in [1.165, 1.54) is 5.56 Å². The van der Waals surface area contributed by atoms with Crippen LogP contribution in [0.2, 0.25) is 0 Å². The Morgan fingerprint density at radius 2 is 1.72 bits per heavy atom. The number of hydrogen-bond acceptors (Lipinski definition) is 5. The Morgan fingerprint density at radius 3 is 2.34 bits per heavy atom. The topological polar surface area (TPSA) is 90.1 Å². The second kappa shape index (κ2) is 9.66. The Bertz CT molecular complexity index is 1170. The molecule has 0 fully saturated rings. The lowest BCUT2D eigenvalue weighted by Gasteiger charge is -2.11. The van der Waals surface area contributed by atoms with Gasteiger partial charge in [-0.05, 0) is 72.7 Å². The lowest BCUT2D eigenvalue weighted by atomic mass is 10.1. The molecule has 3 aromatic heterocycles. The van der Waals surface area contributed by atoms with Crippen LogP contribution in [0.1, 0.15) is 44.9 Å². The molecule has 4 rings (SSSR count). The highest BCUT2D eigenvalue weighted by Crippen LogP contribution is 2.35. The first-order valence-electron chi connectivity index (χ1n) is 10.6. The number of H-pyrrole nitrogens is 1. The fraction of sp³-hybridized carbons (Fsp3) is 0.409. The van der Waals surface area contributed by atoms with Gasteiger partial charge in [-0.2, -0.15) is 10.3 Å². The first-order valence-corrected chi connectivity index (χ1v) is 12.2. The van der Waals surface area contributed by atoms with E-state index in [1.807, 2.05) is 10.6 Å². The van der Waals surface area contributed by atoms with Crippen molar-refractivity contribution in [3.8, 4) is 17.2 Å². The third-order valence-electron chi connectivity index (χ3n) is 4.97. The predicted molar refractivity (Wildman–Crippen MR) is 131 cm³/mol. The molecule has 32 heavy (non-hydrogen) atoms. The van der Waals surface area contributed by atoms with Crippen molar-refractivity contribution in [3.63, 3.8) is 0 Å². The van der Waals surface area contributed by atoms with Crippen LogP contribution in [-0.2, 0) is 19.4 Å². The number of nitrogens with zero attached hydrogens (tertiary/aromatic N) is 7. The summed E-state index contributed by atoms with van der Waals surface area (Å²) in [6.45, 7) is 9.51. The van der Waals surface area contributed by atoms with E-state index in [0.29, 0.717) is 24.2 Å². The Morgan fingerprint density at radius 1 is 1.00 bits per heavy atom. The maximum Gasteiger partial charge on any atom is 0.222 e. The van der Waals surface area contributed by atoms with Crippen molar-refractivity contribution in [2.24, 2.45) is 11.8 Å². The molecule has 168 valence electrons. The van der Waals surface area contributed by atoms with Crippen LogP contribution in [0.15, 0.2) is 39.4 Å². The average Bonchev–Trinajstić information content (AvgIpc) is 3.42. The maximum atomic E-state index is 4.82. The van der Waals surface area contributed by atoms with Crippen LogP contribution < -0.4 is 0 Å². The quantitative estimate of drug-likeness (QED) is 0.318. The van der Waals surface area contributed by atoms with Crippen molar-refractivity contribution in [1.29, 1.82) is 0 Å². The molecule has 0 amide bonds. The lowest BCUT2D eigenvalue weighted by Crippen LogP contribution is -2.09. The summed E-state index contributed by atoms with van der Waals surface area (Å²) in [6, 6.07) is 10.4. The van der Waals surface area contributed by atoms with Crippen molar-refractivity contribution in [2.75, 3.05) is 0 Å². The lowest BCUT2D eigenvalue weighted by molar-refractivity contribution is 0.560. The number of rotatable bonds is 8. The van der Waals surface area contributed by atoms with Crippen molar-refractivity contribution in [1.82, 2.24) is 40.0 Å². The minimum absolute atomic E-state index is 0.519. The number of benzene rings is 1. The first kappa shape index (κ1) is 22.8. The standard InChI is InChI=1S/C22H26Br2N8/c1-13(2)9-19-25-20(10-14(3)4)31(28-19)12-15-5-7-16(8-6-15)32-18(24)11-17(23)21(32)22-26-29-30-27-22/h5-8,11,13-14H,9-10,12H2,1-4H3,(H,26,27,29,30). The zero-order valence-electron chi connectivity index (χ0n) is 18.5. The van der Waals surface area contributed by atoms with E-state index in [4.69, 9.17) is 10.1 Å². The third kappa shape index (κ3) is 5.01. The molecule has 3 heterocycles. The van der Waals surface area contributed by atoms with Crippen LogP contribution in [0.25, 0.3) is 17.2 Å². The molecular weight excluding hydrogens is 536 g/mol. The largest absolute Gasteiger partial charge is 0.300 e. The number of hydrogen-bond donors (Lipinski definition) is 1. The van der Waals surface area contributed by atoms with Crippen LogP contribution in [0.3, 0.4) is 0 Å². The van der Waals surface area contributed by atoms with Gasteiger partial charge in [-0.25, -0.2) is 9.67 Å². The molecule has 0 saturated carbocycles. The molecule has 0 aliphatic carbocycles. The summed E-state index contributed by atoms with van der Waals surface area (Å²) in [5, 5.41) is 19.3. The van der Waals surface area contributed by atoms with E-state index in [0.717, 1.165) is 44.9 Å². The van der Waals surface area contributed by atoms with Crippen LogP contribution in [0.5, 0.6) is 0 Å². The van der Waals surface area contributed by atoms with Gasteiger partial charge in [-0.3, -0.25) is 4.57 Å². The molecule has 0 radical (unpaired) electrons. The summed E-state index contributed by atoms with van der Waals surface area (Å²) in [5.74, 6) is 3.56. The van der Waals surface area contributed by atoms with Crippen molar-refractivity contribution in [2.45, 2.75) is 47.1 Å². The summed E-state index contributed by atoms with van der Waals surface area (Å²) in [7, 11) is 0. The fourth-order valence-corrected chi connectivity index (χ4v) is 5.11. The first-order chi connectivity index (χ1) is 15.3. The summed E-state index contributed by atoms with van der Waals surface area (Å²) >= 11 is 7.24. The van der Waals surface area contributed by atoms with Crippen molar-refractivity contribution >= 4 is 31.9 Å². The van der Waals surface area contributed by atoms with Gasteiger partial charge in [0.15, 0.2) is 5.82 Å². The van der Waals surface area contributed by atoms with Gasteiger partial charge in [0.2, 0.25) is 5.82 Å². The highest BCUT2D eigenvalue weighted by molar-refractivity contribution is 9.11. The van der Waals surface area contributed by atoms with E-state index in [1.54, 1.807) is 0 Å². The Labute approximate surface area is 204 Å². The van der Waals surface area contributed by atoms with Crippen LogP contribution in [0, 0.1) is 11.8 Å². The highest BCUT2D eigenvalue weighted by Gasteiger charge is 2.19. The SMILES string of the molecule is CC(C)Cc1nc(CC(C)C)n(Cc2ccc(-n3c(Br)cc(Br)c3-c3nn[nH]n3)cc2)n1. The summed E-state index contributed by atoms with van der Waals surface area (Å²) < 4.78 is 5.87. The normalized spacial score (nSPS) is 11.8. The number of nitrogens with one attached hydrogen (secondary N) is 1. The Hall–Kier alpha value is -2.33. The molecular formula is C22H26Br2N8. The molecule has 10 heteroatoms. The second-order valence-electron chi connectivity index (χ2n) is 8.70. The van der Waals surface area contributed by atoms with E-state index in [9.17, 15) is 0 Å². The van der Waals surface area contributed by atoms with Crippen molar-refractivity contribution < 1.29 is 0 Å². The van der Waals surface area contributed by atoms with Gasteiger partial charge < -0.3 is 0 Å². The molecule has 0 spiro atoms. The molecule has 0 atom stereocenters. The van der Waals surface area contributed by atoms with E-state index in [2.05, 4.69) is 109 Å². The van der Waals surface area contributed by atoms with Gasteiger partial charge in [0.05, 0.1) is 11.1 Å².